The average molecular weight is 490 g/mol. The molecule has 2 aromatic rings. The first kappa shape index (κ1) is 21.9. The molecule has 2 aromatic carbocycles. The van der Waals surface area contributed by atoms with Gasteiger partial charge in [-0.3, -0.25) is 9.69 Å². The minimum Gasteiger partial charge on any atom is -0.545 e. The standard InChI is InChI=1S/C21H19BrN2O5S/c1-4-29-16-9-12(8-15(22)18(16)28-3)10-17-19(25)24(2)21(30-17)23-14-7-5-6-13(11-14)20(26)27/h5-11H,4H2,1-3H3,(H,26,27)/p-1/b17-10-,23-21?. The topological polar surface area (TPSA) is 91.3 Å². The molecule has 1 aliphatic heterocycles. The largest absolute Gasteiger partial charge is 0.545 e. The Morgan fingerprint density at radius 3 is 2.77 bits per heavy atom. The molecule has 156 valence electrons. The second kappa shape index (κ2) is 9.36. The molecule has 1 aliphatic rings. The third-order valence-electron chi connectivity index (χ3n) is 4.14. The van der Waals surface area contributed by atoms with Crippen molar-refractivity contribution in [3.8, 4) is 11.5 Å². The van der Waals surface area contributed by atoms with Gasteiger partial charge in [0.25, 0.3) is 5.91 Å². The van der Waals surface area contributed by atoms with Crippen LogP contribution in [0.25, 0.3) is 6.08 Å². The van der Waals surface area contributed by atoms with Crippen molar-refractivity contribution in [1.82, 2.24) is 4.90 Å². The van der Waals surface area contributed by atoms with Gasteiger partial charge in [0.05, 0.1) is 34.8 Å². The van der Waals surface area contributed by atoms with Crippen LogP contribution in [-0.4, -0.2) is 42.7 Å². The Kier molecular flexibility index (Phi) is 6.84. The summed E-state index contributed by atoms with van der Waals surface area (Å²) in [7, 11) is 3.18. The number of aromatic carboxylic acids is 1. The molecule has 1 saturated heterocycles. The van der Waals surface area contributed by atoms with Crippen molar-refractivity contribution in [3.63, 3.8) is 0 Å². The molecule has 0 aliphatic carbocycles. The lowest BCUT2D eigenvalue weighted by molar-refractivity contribution is -0.255. The van der Waals surface area contributed by atoms with Gasteiger partial charge in [0.2, 0.25) is 0 Å². The number of thioether (sulfide) groups is 1. The number of hydrogen-bond acceptors (Lipinski definition) is 7. The number of likely N-dealkylation sites (N-methyl/N-ethyl adjacent to an activating group) is 1. The number of carboxylic acids is 1. The maximum Gasteiger partial charge on any atom is 0.266 e. The summed E-state index contributed by atoms with van der Waals surface area (Å²) in [4.78, 5) is 30.1. The van der Waals surface area contributed by atoms with E-state index in [1.54, 1.807) is 38.4 Å². The van der Waals surface area contributed by atoms with Gasteiger partial charge in [0.1, 0.15) is 0 Å². The highest BCUT2D eigenvalue weighted by molar-refractivity contribution is 9.10. The van der Waals surface area contributed by atoms with Crippen LogP contribution in [0.5, 0.6) is 11.5 Å². The molecule has 0 bridgehead atoms. The SMILES string of the molecule is CCOc1cc(/C=C2\SC(=Nc3cccc(C(=O)[O-])c3)N(C)C2=O)cc(Br)c1OC. The first-order valence-electron chi connectivity index (χ1n) is 8.92. The lowest BCUT2D eigenvalue weighted by Crippen LogP contribution is -2.23. The predicted octanol–water partition coefficient (Wildman–Crippen LogP) is 3.45. The van der Waals surface area contributed by atoms with E-state index in [4.69, 9.17) is 9.47 Å². The summed E-state index contributed by atoms with van der Waals surface area (Å²) in [6.45, 7) is 2.35. The van der Waals surface area contributed by atoms with E-state index in [1.807, 2.05) is 13.0 Å². The van der Waals surface area contributed by atoms with Gasteiger partial charge < -0.3 is 19.4 Å². The molecule has 0 spiro atoms. The molecule has 9 heteroatoms. The predicted molar refractivity (Wildman–Crippen MR) is 118 cm³/mol. The van der Waals surface area contributed by atoms with Crippen LogP contribution in [0.1, 0.15) is 22.8 Å². The molecule has 30 heavy (non-hydrogen) atoms. The monoisotopic (exact) mass is 489 g/mol. The average Bonchev–Trinajstić information content (AvgIpc) is 2.96. The summed E-state index contributed by atoms with van der Waals surface area (Å²) in [5.74, 6) is -0.342. The van der Waals surface area contributed by atoms with Crippen LogP contribution in [0.2, 0.25) is 0 Å². The van der Waals surface area contributed by atoms with Crippen molar-refractivity contribution >= 4 is 56.5 Å². The number of carboxylic acid groups (broad SMARTS) is 1. The van der Waals surface area contributed by atoms with E-state index in [9.17, 15) is 14.7 Å². The molecule has 1 heterocycles. The Morgan fingerprint density at radius 2 is 2.10 bits per heavy atom. The first-order chi connectivity index (χ1) is 14.3. The summed E-state index contributed by atoms with van der Waals surface area (Å²) >= 11 is 4.67. The minimum atomic E-state index is -1.28. The third-order valence-corrected chi connectivity index (χ3v) is 5.79. The molecule has 7 nitrogen and oxygen atoms in total. The van der Waals surface area contributed by atoms with Gasteiger partial charge in [0, 0.05) is 7.05 Å². The van der Waals surface area contributed by atoms with Gasteiger partial charge in [0.15, 0.2) is 16.7 Å². The molecule has 0 atom stereocenters. The summed E-state index contributed by atoms with van der Waals surface area (Å²) < 4.78 is 11.7. The fourth-order valence-corrected chi connectivity index (χ4v) is 4.36. The Balaban J connectivity index is 1.93. The van der Waals surface area contributed by atoms with E-state index in [0.717, 1.165) is 5.56 Å². The van der Waals surface area contributed by atoms with E-state index >= 15 is 0 Å². The van der Waals surface area contributed by atoms with Crippen LogP contribution < -0.4 is 14.6 Å². The third kappa shape index (κ3) is 4.68. The lowest BCUT2D eigenvalue weighted by atomic mass is 10.2. The Morgan fingerprint density at radius 1 is 1.33 bits per heavy atom. The first-order valence-corrected chi connectivity index (χ1v) is 10.5. The van der Waals surface area contributed by atoms with Crippen molar-refractivity contribution in [1.29, 1.82) is 0 Å². The number of methoxy groups -OCH3 is 1. The number of amidine groups is 1. The minimum absolute atomic E-state index is 0.0242. The maximum atomic E-state index is 12.7. The van der Waals surface area contributed by atoms with Gasteiger partial charge in [-0.05, 0) is 76.1 Å². The maximum absolute atomic E-state index is 12.7. The number of nitrogens with zero attached hydrogens (tertiary/aromatic N) is 2. The van der Waals surface area contributed by atoms with Crippen molar-refractivity contribution in [3.05, 3.63) is 56.9 Å². The summed E-state index contributed by atoms with van der Waals surface area (Å²) in [6.07, 6.45) is 1.75. The molecule has 0 N–H and O–H groups in total. The molecule has 0 aromatic heterocycles. The van der Waals surface area contributed by atoms with Gasteiger partial charge in [-0.1, -0.05) is 12.1 Å². The van der Waals surface area contributed by atoms with E-state index in [2.05, 4.69) is 20.9 Å². The van der Waals surface area contributed by atoms with Gasteiger partial charge in [-0.15, -0.1) is 0 Å². The van der Waals surface area contributed by atoms with Gasteiger partial charge in [-0.25, -0.2) is 4.99 Å². The fraction of sp³-hybridized carbons (Fsp3) is 0.190. The highest BCUT2D eigenvalue weighted by atomic mass is 79.9. The van der Waals surface area contributed by atoms with Crippen LogP contribution in [0, 0.1) is 0 Å². The summed E-state index contributed by atoms with van der Waals surface area (Å²) in [6, 6.07) is 9.70. The van der Waals surface area contributed by atoms with Crippen LogP contribution >= 0.6 is 27.7 Å². The highest BCUT2D eigenvalue weighted by Crippen LogP contribution is 2.39. The second-order valence-electron chi connectivity index (χ2n) is 6.17. The Bertz CT molecular complexity index is 1070. The van der Waals surface area contributed by atoms with Crippen molar-refractivity contribution in [2.45, 2.75) is 6.92 Å². The fourth-order valence-electron chi connectivity index (χ4n) is 2.75. The number of benzene rings is 2. The van der Waals surface area contributed by atoms with Crippen LogP contribution in [0.3, 0.4) is 0 Å². The molecule has 0 unspecified atom stereocenters. The summed E-state index contributed by atoms with van der Waals surface area (Å²) in [5.41, 5.74) is 1.21. The van der Waals surface area contributed by atoms with Crippen molar-refractivity contribution in [2.75, 3.05) is 20.8 Å². The molecular weight excluding hydrogens is 472 g/mol. The van der Waals surface area contributed by atoms with E-state index in [1.165, 1.54) is 28.8 Å². The number of carbonyl (C=O) groups excluding carboxylic acids is 2. The zero-order valence-corrected chi connectivity index (χ0v) is 18.9. The van der Waals surface area contributed by atoms with Crippen LogP contribution in [0.4, 0.5) is 5.69 Å². The highest BCUT2D eigenvalue weighted by Gasteiger charge is 2.30. The number of hydrogen-bond donors (Lipinski definition) is 0. The number of carbonyl (C=O) groups is 2. The van der Waals surface area contributed by atoms with Crippen molar-refractivity contribution in [2.24, 2.45) is 4.99 Å². The van der Waals surface area contributed by atoms with E-state index in [0.29, 0.717) is 38.3 Å². The number of rotatable bonds is 6. The molecule has 1 fully saturated rings. The number of ether oxygens (including phenoxy) is 2. The smallest absolute Gasteiger partial charge is 0.266 e. The molecular formula is C21H18BrN2O5S-. The van der Waals surface area contributed by atoms with Gasteiger partial charge >= 0.3 is 0 Å². The molecule has 3 rings (SSSR count). The molecule has 1 amide bonds. The van der Waals surface area contributed by atoms with E-state index < -0.39 is 5.97 Å². The van der Waals surface area contributed by atoms with Crippen molar-refractivity contribution < 1.29 is 24.2 Å². The molecule has 0 saturated carbocycles. The number of amides is 1. The lowest BCUT2D eigenvalue weighted by Gasteiger charge is -2.12. The summed E-state index contributed by atoms with van der Waals surface area (Å²) in [5, 5.41) is 11.5. The number of aliphatic imine (C=N–C) groups is 1. The number of halogens is 1. The molecule has 0 radical (unpaired) electrons. The van der Waals surface area contributed by atoms with Gasteiger partial charge in [-0.2, -0.15) is 0 Å². The van der Waals surface area contributed by atoms with Crippen LogP contribution in [-0.2, 0) is 4.79 Å². The Labute approximate surface area is 186 Å². The van der Waals surface area contributed by atoms with E-state index in [-0.39, 0.29) is 11.5 Å². The second-order valence-corrected chi connectivity index (χ2v) is 8.04. The van der Waals surface area contributed by atoms with Crippen LogP contribution in [0.15, 0.2) is 50.8 Å². The zero-order chi connectivity index (χ0) is 21.8. The zero-order valence-electron chi connectivity index (χ0n) is 16.5. The normalized spacial score (nSPS) is 16.4. The quantitative estimate of drug-likeness (QED) is 0.577. The Hall–Kier alpha value is -2.78.